The Morgan fingerprint density at radius 1 is 1.46 bits per heavy atom. The van der Waals surface area contributed by atoms with E-state index in [-0.39, 0.29) is 36.7 Å². The van der Waals surface area contributed by atoms with Gasteiger partial charge < -0.3 is 15.0 Å². The van der Waals surface area contributed by atoms with Gasteiger partial charge in [0.1, 0.15) is 5.75 Å². The van der Waals surface area contributed by atoms with E-state index >= 15 is 0 Å². The van der Waals surface area contributed by atoms with E-state index in [1.54, 1.807) is 17.0 Å². The van der Waals surface area contributed by atoms with E-state index in [1.807, 2.05) is 12.1 Å². The minimum atomic E-state index is -3.47. The lowest BCUT2D eigenvalue weighted by molar-refractivity contribution is -0.131. The van der Waals surface area contributed by atoms with Crippen LogP contribution in [-0.2, 0) is 19.4 Å². The van der Waals surface area contributed by atoms with Gasteiger partial charge >= 0.3 is 0 Å². The number of halogens is 2. The molecular weight excluding hydrogens is 375 g/mol. The number of piperazine rings is 1. The molecule has 0 aliphatic carbocycles. The predicted molar refractivity (Wildman–Crippen MR) is 96.6 cm³/mol. The van der Waals surface area contributed by atoms with Crippen molar-refractivity contribution in [3.05, 3.63) is 34.9 Å². The van der Waals surface area contributed by atoms with Crippen LogP contribution >= 0.6 is 24.0 Å². The number of sulfone groups is 1. The first-order valence-corrected chi connectivity index (χ1v) is 9.58. The Hall–Kier alpha value is -0.860. The Morgan fingerprint density at radius 3 is 2.88 bits per heavy atom. The number of ether oxygens (including phenoxy) is 1. The number of nitrogens with zero attached hydrogens (tertiary/aromatic N) is 1. The molecule has 1 unspecified atom stereocenters. The molecular formula is C15H22Cl2N2O4S. The van der Waals surface area contributed by atoms with Crippen LogP contribution in [0.1, 0.15) is 11.6 Å². The van der Waals surface area contributed by atoms with Gasteiger partial charge in [-0.1, -0.05) is 23.7 Å². The van der Waals surface area contributed by atoms with Crippen LogP contribution in [0.5, 0.6) is 0 Å². The van der Waals surface area contributed by atoms with Crippen molar-refractivity contribution in [2.24, 2.45) is 0 Å². The molecule has 1 amide bonds. The maximum absolute atomic E-state index is 12.5. The summed E-state index contributed by atoms with van der Waals surface area (Å²) in [6, 6.07) is 7.07. The molecule has 24 heavy (non-hydrogen) atoms. The normalized spacial score (nSPS) is 18.1. The van der Waals surface area contributed by atoms with E-state index in [9.17, 15) is 13.2 Å². The van der Waals surface area contributed by atoms with Gasteiger partial charge in [0.25, 0.3) is 0 Å². The smallest absolute Gasteiger partial charge is 0.238 e. The first kappa shape index (κ1) is 21.2. The third-order valence-electron chi connectivity index (χ3n) is 3.74. The van der Waals surface area contributed by atoms with Crippen LogP contribution in [0.3, 0.4) is 0 Å². The number of hydrogen-bond donors (Lipinski definition) is 1. The predicted octanol–water partition coefficient (Wildman–Crippen LogP) is 1.30. The van der Waals surface area contributed by atoms with Gasteiger partial charge in [-0.15, -0.1) is 12.4 Å². The fourth-order valence-corrected chi connectivity index (χ4v) is 3.87. The molecule has 1 heterocycles. The molecule has 1 atom stereocenters. The van der Waals surface area contributed by atoms with Crippen LogP contribution in [-0.4, -0.2) is 64.1 Å². The quantitative estimate of drug-likeness (QED) is 0.783. The van der Waals surface area contributed by atoms with Gasteiger partial charge in [-0.05, 0) is 17.7 Å². The van der Waals surface area contributed by atoms with Gasteiger partial charge in [0, 0.05) is 31.8 Å². The molecule has 136 valence electrons. The fourth-order valence-electron chi connectivity index (χ4n) is 2.57. The molecule has 9 heteroatoms. The van der Waals surface area contributed by atoms with Gasteiger partial charge in [0.2, 0.25) is 5.91 Å². The number of rotatable bonds is 6. The minimum absolute atomic E-state index is 0. The van der Waals surface area contributed by atoms with Crippen LogP contribution in [0.2, 0.25) is 5.02 Å². The third kappa shape index (κ3) is 5.89. The molecule has 0 spiro atoms. The Bertz CT molecular complexity index is 655. The van der Waals surface area contributed by atoms with E-state index in [2.05, 4.69) is 5.32 Å². The van der Waals surface area contributed by atoms with E-state index in [1.165, 1.54) is 7.11 Å². The highest BCUT2D eigenvalue weighted by atomic mass is 35.5. The molecule has 1 saturated heterocycles. The lowest BCUT2D eigenvalue weighted by Gasteiger charge is -2.36. The van der Waals surface area contributed by atoms with Crippen LogP contribution in [0, 0.1) is 0 Å². The maximum atomic E-state index is 12.5. The highest BCUT2D eigenvalue weighted by Gasteiger charge is 2.30. The van der Waals surface area contributed by atoms with Gasteiger partial charge in [0.15, 0.2) is 9.84 Å². The highest BCUT2D eigenvalue weighted by molar-refractivity contribution is 7.92. The van der Waals surface area contributed by atoms with E-state index in [4.69, 9.17) is 16.3 Å². The first-order chi connectivity index (χ1) is 10.9. The van der Waals surface area contributed by atoms with Crippen LogP contribution in [0.15, 0.2) is 24.3 Å². The van der Waals surface area contributed by atoms with Crippen molar-refractivity contribution in [2.45, 2.75) is 6.04 Å². The molecule has 0 aromatic heterocycles. The number of carbonyl (C=O) groups is 1. The summed E-state index contributed by atoms with van der Waals surface area (Å²) in [5.41, 5.74) is 0.896. The lowest BCUT2D eigenvalue weighted by Crippen LogP contribution is -2.50. The molecule has 2 rings (SSSR count). The first-order valence-electron chi connectivity index (χ1n) is 7.38. The van der Waals surface area contributed by atoms with Gasteiger partial charge in [0.05, 0.1) is 18.4 Å². The highest BCUT2D eigenvalue weighted by Crippen LogP contribution is 2.25. The van der Waals surface area contributed by atoms with Crippen molar-refractivity contribution >= 4 is 39.8 Å². The van der Waals surface area contributed by atoms with Crippen molar-refractivity contribution in [1.82, 2.24) is 10.2 Å². The molecule has 0 radical (unpaired) electrons. The van der Waals surface area contributed by atoms with Crippen molar-refractivity contribution in [1.29, 1.82) is 0 Å². The summed E-state index contributed by atoms with van der Waals surface area (Å²) in [6.45, 7) is 1.77. The third-order valence-corrected chi connectivity index (χ3v) is 5.45. The number of methoxy groups -OCH3 is 1. The van der Waals surface area contributed by atoms with Crippen molar-refractivity contribution in [3.8, 4) is 0 Å². The maximum Gasteiger partial charge on any atom is 0.238 e. The zero-order chi connectivity index (χ0) is 16.9. The Labute approximate surface area is 153 Å². The summed E-state index contributed by atoms with van der Waals surface area (Å²) >= 11 is 6.02. The number of carbonyl (C=O) groups excluding carboxylic acids is 1. The Balaban J connectivity index is 0.00000288. The van der Waals surface area contributed by atoms with Crippen LogP contribution in [0.4, 0.5) is 0 Å². The van der Waals surface area contributed by atoms with Crippen molar-refractivity contribution in [3.63, 3.8) is 0 Å². The molecule has 1 aliphatic rings. The molecule has 0 saturated carbocycles. The summed E-state index contributed by atoms with van der Waals surface area (Å²) < 4.78 is 28.7. The number of nitrogens with one attached hydrogen (secondary N) is 1. The molecule has 1 aromatic carbocycles. The molecule has 1 fully saturated rings. The average Bonchev–Trinajstić information content (AvgIpc) is 2.52. The second-order valence-electron chi connectivity index (χ2n) is 5.45. The van der Waals surface area contributed by atoms with Crippen molar-refractivity contribution in [2.75, 3.05) is 44.9 Å². The summed E-state index contributed by atoms with van der Waals surface area (Å²) in [5, 5.41) is 3.82. The van der Waals surface area contributed by atoms with Gasteiger partial charge in [-0.25, -0.2) is 8.42 Å². The average molecular weight is 397 g/mol. The largest absolute Gasteiger partial charge is 0.384 e. The molecule has 1 N–H and O–H groups in total. The number of hydrogen-bond acceptors (Lipinski definition) is 5. The molecule has 0 bridgehead atoms. The summed E-state index contributed by atoms with van der Waals surface area (Å²) in [7, 11) is -2.04. The molecule has 1 aliphatic heterocycles. The Kier molecular flexibility index (Phi) is 8.45. The summed E-state index contributed by atoms with van der Waals surface area (Å²) in [6.07, 6.45) is 0. The summed E-state index contributed by atoms with van der Waals surface area (Å²) in [4.78, 5) is 14.1. The molecule has 1 aromatic rings. The second kappa shape index (κ2) is 9.58. The minimum Gasteiger partial charge on any atom is -0.384 e. The van der Waals surface area contributed by atoms with Crippen LogP contribution in [0.25, 0.3) is 0 Å². The van der Waals surface area contributed by atoms with Gasteiger partial charge in [-0.3, -0.25) is 4.79 Å². The van der Waals surface area contributed by atoms with Gasteiger partial charge in [-0.2, -0.15) is 0 Å². The van der Waals surface area contributed by atoms with E-state index < -0.39 is 15.6 Å². The zero-order valence-electron chi connectivity index (χ0n) is 13.4. The zero-order valence-corrected chi connectivity index (χ0v) is 15.8. The SMILES string of the molecule is COCCS(=O)(=O)CC(=O)N1CCNCC1c1cccc(Cl)c1.Cl. The lowest BCUT2D eigenvalue weighted by atomic mass is 10.0. The van der Waals surface area contributed by atoms with Crippen molar-refractivity contribution < 1.29 is 17.9 Å². The van der Waals surface area contributed by atoms with E-state index in [0.717, 1.165) is 5.56 Å². The number of benzene rings is 1. The molecule has 6 nitrogen and oxygen atoms in total. The number of amides is 1. The topological polar surface area (TPSA) is 75.7 Å². The fraction of sp³-hybridized carbons (Fsp3) is 0.533. The monoisotopic (exact) mass is 396 g/mol. The van der Waals surface area contributed by atoms with E-state index in [0.29, 0.717) is 24.7 Å². The Morgan fingerprint density at radius 2 is 2.21 bits per heavy atom. The van der Waals surface area contributed by atoms with Crippen LogP contribution < -0.4 is 5.32 Å². The standard InChI is InChI=1S/C15H21ClN2O4S.ClH/c1-22-7-8-23(20,21)11-15(19)18-6-5-17-10-14(18)12-3-2-4-13(16)9-12;/h2-4,9,14,17H,5-8,10-11H2,1H3;1H. The second-order valence-corrected chi connectivity index (χ2v) is 8.07. The summed E-state index contributed by atoms with van der Waals surface area (Å²) in [5.74, 6) is -1.02.